The van der Waals surface area contributed by atoms with E-state index in [1.54, 1.807) is 0 Å². The van der Waals surface area contributed by atoms with Gasteiger partial charge in [0.25, 0.3) is 0 Å². The second kappa shape index (κ2) is 7.22. The lowest BCUT2D eigenvalue weighted by Crippen LogP contribution is -2.28. The van der Waals surface area contributed by atoms with Gasteiger partial charge in [-0.15, -0.1) is 0 Å². The van der Waals surface area contributed by atoms with Crippen LogP contribution in [-0.4, -0.2) is 26.1 Å². The molecule has 1 unspecified atom stereocenters. The van der Waals surface area contributed by atoms with Gasteiger partial charge in [-0.05, 0) is 48.3 Å². The van der Waals surface area contributed by atoms with Crippen LogP contribution in [0.1, 0.15) is 50.3 Å². The van der Waals surface area contributed by atoms with Crippen molar-refractivity contribution in [2.24, 2.45) is 7.05 Å². The first-order chi connectivity index (χ1) is 10.1. The summed E-state index contributed by atoms with van der Waals surface area (Å²) in [7, 11) is 2.01. The van der Waals surface area contributed by atoms with Crippen LogP contribution in [0.15, 0.2) is 16.7 Å². The van der Waals surface area contributed by atoms with Gasteiger partial charge < -0.3 is 5.32 Å². The van der Waals surface area contributed by atoms with Crippen molar-refractivity contribution in [3.05, 3.63) is 33.8 Å². The molecule has 2 aromatic heterocycles. The van der Waals surface area contributed by atoms with E-state index in [2.05, 4.69) is 58.3 Å². The van der Waals surface area contributed by atoms with Gasteiger partial charge in [0.1, 0.15) is 0 Å². The van der Waals surface area contributed by atoms with E-state index in [4.69, 9.17) is 0 Å². The first kappa shape index (κ1) is 16.2. The zero-order valence-corrected chi connectivity index (χ0v) is 14.8. The average Bonchev–Trinajstić information content (AvgIpc) is 3.04. The molecule has 0 aliphatic rings. The van der Waals surface area contributed by atoms with Crippen LogP contribution in [0.2, 0.25) is 0 Å². The Labute approximate surface area is 134 Å². The third kappa shape index (κ3) is 3.37. The lowest BCUT2D eigenvalue weighted by atomic mass is 10.1. The first-order valence-corrected chi connectivity index (χ1v) is 8.38. The summed E-state index contributed by atoms with van der Waals surface area (Å²) in [5.74, 6) is 0. The smallest absolute Gasteiger partial charge is 0.0930 e. The Kier molecular flexibility index (Phi) is 5.58. The Balaban J connectivity index is 2.46. The summed E-state index contributed by atoms with van der Waals surface area (Å²) in [6, 6.07) is 2.28. The number of aromatic nitrogens is 4. The van der Waals surface area contributed by atoms with E-state index < -0.39 is 0 Å². The van der Waals surface area contributed by atoms with Crippen LogP contribution in [0, 0.1) is 0 Å². The molecule has 0 aliphatic heterocycles. The minimum absolute atomic E-state index is 0.0968. The SMILES string of the molecule is CCCNC(c1cc(CC)nn1C)c1c(Br)cnn1CC. The van der Waals surface area contributed by atoms with Crippen LogP contribution >= 0.6 is 15.9 Å². The Bertz CT molecular complexity index is 587. The van der Waals surface area contributed by atoms with E-state index in [0.29, 0.717) is 0 Å². The molecule has 6 heteroatoms. The maximum Gasteiger partial charge on any atom is 0.0930 e. The van der Waals surface area contributed by atoms with Crippen molar-refractivity contribution < 1.29 is 0 Å². The summed E-state index contributed by atoms with van der Waals surface area (Å²) in [4.78, 5) is 0. The number of hydrogen-bond donors (Lipinski definition) is 1. The van der Waals surface area contributed by atoms with Gasteiger partial charge in [-0.1, -0.05) is 13.8 Å². The van der Waals surface area contributed by atoms with Crippen LogP contribution in [0.3, 0.4) is 0 Å². The minimum Gasteiger partial charge on any atom is -0.304 e. The molecule has 0 aromatic carbocycles. The standard InChI is InChI=1S/C15H24BrN5/c1-5-8-17-14(13-9-11(6-2)19-20(13)4)15-12(16)10-18-21(15)7-3/h9-10,14,17H,5-8H2,1-4H3. The van der Waals surface area contributed by atoms with Crippen molar-refractivity contribution in [1.82, 2.24) is 24.9 Å². The van der Waals surface area contributed by atoms with Crippen molar-refractivity contribution >= 4 is 15.9 Å². The zero-order valence-electron chi connectivity index (χ0n) is 13.2. The fourth-order valence-electron chi connectivity index (χ4n) is 2.53. The highest BCUT2D eigenvalue weighted by Crippen LogP contribution is 2.29. The van der Waals surface area contributed by atoms with E-state index in [1.807, 2.05) is 22.6 Å². The number of nitrogens with zero attached hydrogens (tertiary/aromatic N) is 4. The van der Waals surface area contributed by atoms with Gasteiger partial charge in [-0.2, -0.15) is 10.2 Å². The van der Waals surface area contributed by atoms with E-state index in [-0.39, 0.29) is 6.04 Å². The Morgan fingerprint density at radius 3 is 2.67 bits per heavy atom. The molecule has 2 aromatic rings. The highest BCUT2D eigenvalue weighted by molar-refractivity contribution is 9.10. The molecule has 0 fully saturated rings. The molecule has 0 radical (unpaired) electrons. The summed E-state index contributed by atoms with van der Waals surface area (Å²) in [5, 5.41) is 12.7. The Morgan fingerprint density at radius 2 is 2.10 bits per heavy atom. The van der Waals surface area contributed by atoms with Crippen molar-refractivity contribution in [2.45, 2.75) is 46.2 Å². The van der Waals surface area contributed by atoms with Gasteiger partial charge in [-0.3, -0.25) is 9.36 Å². The van der Waals surface area contributed by atoms with E-state index in [1.165, 1.54) is 5.69 Å². The average molecular weight is 354 g/mol. The fourth-order valence-corrected chi connectivity index (χ4v) is 3.05. The van der Waals surface area contributed by atoms with Crippen LogP contribution in [0.4, 0.5) is 0 Å². The van der Waals surface area contributed by atoms with Crippen molar-refractivity contribution in [3.63, 3.8) is 0 Å². The predicted octanol–water partition coefficient (Wildman–Crippen LogP) is 3.05. The minimum atomic E-state index is 0.0968. The molecule has 0 saturated carbocycles. The Hall–Kier alpha value is -1.14. The Morgan fingerprint density at radius 1 is 1.33 bits per heavy atom. The van der Waals surface area contributed by atoms with Crippen LogP contribution in [0.5, 0.6) is 0 Å². The highest BCUT2D eigenvalue weighted by Gasteiger charge is 2.24. The van der Waals surface area contributed by atoms with Gasteiger partial charge in [0.2, 0.25) is 0 Å². The van der Waals surface area contributed by atoms with E-state index in [0.717, 1.165) is 41.8 Å². The largest absolute Gasteiger partial charge is 0.304 e. The molecule has 2 heterocycles. The molecule has 0 spiro atoms. The molecule has 0 bridgehead atoms. The molecule has 5 nitrogen and oxygen atoms in total. The monoisotopic (exact) mass is 353 g/mol. The predicted molar refractivity (Wildman–Crippen MR) is 88.3 cm³/mol. The van der Waals surface area contributed by atoms with Crippen LogP contribution < -0.4 is 5.32 Å². The zero-order chi connectivity index (χ0) is 15.4. The second-order valence-corrected chi connectivity index (χ2v) is 5.97. The maximum atomic E-state index is 4.58. The fraction of sp³-hybridized carbons (Fsp3) is 0.600. The van der Waals surface area contributed by atoms with Gasteiger partial charge in [0.05, 0.1) is 33.8 Å². The second-order valence-electron chi connectivity index (χ2n) is 5.12. The number of halogens is 1. The summed E-state index contributed by atoms with van der Waals surface area (Å²) in [6.07, 6.45) is 3.91. The first-order valence-electron chi connectivity index (χ1n) is 7.59. The normalized spacial score (nSPS) is 12.8. The number of nitrogens with one attached hydrogen (secondary N) is 1. The van der Waals surface area contributed by atoms with Crippen LogP contribution in [-0.2, 0) is 20.0 Å². The lowest BCUT2D eigenvalue weighted by Gasteiger charge is -2.20. The molecule has 0 amide bonds. The molecule has 116 valence electrons. The lowest BCUT2D eigenvalue weighted by molar-refractivity contribution is 0.502. The quantitative estimate of drug-likeness (QED) is 0.831. The molecule has 0 saturated heterocycles. The van der Waals surface area contributed by atoms with Crippen LogP contribution in [0.25, 0.3) is 0 Å². The molecular formula is C15H24BrN5. The van der Waals surface area contributed by atoms with Crippen molar-refractivity contribution in [1.29, 1.82) is 0 Å². The summed E-state index contributed by atoms with van der Waals surface area (Å²) in [5.41, 5.74) is 3.46. The molecular weight excluding hydrogens is 330 g/mol. The number of aryl methyl sites for hydroxylation is 3. The summed E-state index contributed by atoms with van der Waals surface area (Å²) >= 11 is 3.64. The summed E-state index contributed by atoms with van der Waals surface area (Å²) < 4.78 is 5.05. The third-order valence-electron chi connectivity index (χ3n) is 3.63. The van der Waals surface area contributed by atoms with Crippen molar-refractivity contribution in [2.75, 3.05) is 6.54 Å². The van der Waals surface area contributed by atoms with Gasteiger partial charge in [0.15, 0.2) is 0 Å². The molecule has 1 atom stereocenters. The van der Waals surface area contributed by atoms with E-state index >= 15 is 0 Å². The molecule has 1 N–H and O–H groups in total. The van der Waals surface area contributed by atoms with E-state index in [9.17, 15) is 0 Å². The third-order valence-corrected chi connectivity index (χ3v) is 4.24. The molecule has 21 heavy (non-hydrogen) atoms. The maximum absolute atomic E-state index is 4.58. The van der Waals surface area contributed by atoms with Crippen molar-refractivity contribution in [3.8, 4) is 0 Å². The molecule has 2 rings (SSSR count). The molecule has 0 aliphatic carbocycles. The van der Waals surface area contributed by atoms with Gasteiger partial charge >= 0.3 is 0 Å². The summed E-state index contributed by atoms with van der Waals surface area (Å²) in [6.45, 7) is 8.23. The number of hydrogen-bond acceptors (Lipinski definition) is 3. The van der Waals surface area contributed by atoms with Gasteiger partial charge in [-0.25, -0.2) is 0 Å². The van der Waals surface area contributed by atoms with Gasteiger partial charge in [0, 0.05) is 13.6 Å². The highest BCUT2D eigenvalue weighted by atomic mass is 79.9. The topological polar surface area (TPSA) is 47.7 Å². The number of rotatable bonds is 7.